The molecule has 33 heavy (non-hydrogen) atoms. The summed E-state index contributed by atoms with van der Waals surface area (Å²) in [7, 11) is 0. The van der Waals surface area contributed by atoms with Crippen LogP contribution in [-0.4, -0.2) is 11.8 Å². The first kappa shape index (κ1) is 22.5. The van der Waals surface area contributed by atoms with Crippen molar-refractivity contribution < 1.29 is 14.0 Å². The summed E-state index contributed by atoms with van der Waals surface area (Å²) in [5, 5.41) is 3.17. The quantitative estimate of drug-likeness (QED) is 0.494. The Bertz CT molecular complexity index is 1250. The lowest BCUT2D eigenvalue weighted by Crippen LogP contribution is -2.32. The van der Waals surface area contributed by atoms with Crippen molar-refractivity contribution in [2.24, 2.45) is 0 Å². The topological polar surface area (TPSA) is 49.4 Å². The van der Waals surface area contributed by atoms with E-state index in [1.54, 1.807) is 0 Å². The Labute approximate surface area is 193 Å². The number of rotatable bonds is 4. The molecule has 0 spiro atoms. The van der Waals surface area contributed by atoms with Gasteiger partial charge in [0.15, 0.2) is 0 Å². The zero-order chi connectivity index (χ0) is 23.9. The molecule has 3 aromatic carbocycles. The third-order valence-electron chi connectivity index (χ3n) is 5.70. The molecule has 0 radical (unpaired) electrons. The highest BCUT2D eigenvalue weighted by atomic mass is 19.1. The number of benzene rings is 3. The maximum Gasteiger partial charge on any atom is 0.282 e. The van der Waals surface area contributed by atoms with Gasteiger partial charge in [-0.2, -0.15) is 0 Å². The highest BCUT2D eigenvalue weighted by Crippen LogP contribution is 2.35. The van der Waals surface area contributed by atoms with Gasteiger partial charge in [0, 0.05) is 5.69 Å². The Morgan fingerprint density at radius 3 is 1.91 bits per heavy atom. The molecule has 0 aromatic heterocycles. The van der Waals surface area contributed by atoms with E-state index in [2.05, 4.69) is 26.1 Å². The van der Waals surface area contributed by atoms with Gasteiger partial charge in [-0.1, -0.05) is 51.1 Å². The van der Waals surface area contributed by atoms with Gasteiger partial charge in [-0.3, -0.25) is 9.59 Å². The molecule has 1 aliphatic rings. The Hall–Kier alpha value is -3.73. The second-order valence-corrected chi connectivity index (χ2v) is 9.50. The number of anilines is 2. The van der Waals surface area contributed by atoms with Crippen molar-refractivity contribution in [3.8, 4) is 0 Å². The van der Waals surface area contributed by atoms with Crippen molar-refractivity contribution in [3.63, 3.8) is 0 Å². The molecule has 5 heteroatoms. The van der Waals surface area contributed by atoms with Crippen LogP contribution in [0.5, 0.6) is 0 Å². The van der Waals surface area contributed by atoms with E-state index in [4.69, 9.17) is 0 Å². The first-order chi connectivity index (χ1) is 15.5. The van der Waals surface area contributed by atoms with Gasteiger partial charge in [-0.15, -0.1) is 0 Å². The minimum absolute atomic E-state index is 0.00393. The molecule has 4 rings (SSSR count). The molecule has 1 heterocycles. The second-order valence-electron chi connectivity index (χ2n) is 9.50. The number of amides is 2. The highest BCUT2D eigenvalue weighted by molar-refractivity contribution is 6.46. The number of nitrogens with zero attached hydrogens (tertiary/aromatic N) is 1. The molecule has 0 atom stereocenters. The molecule has 2 amide bonds. The second kappa shape index (κ2) is 8.32. The van der Waals surface area contributed by atoms with Crippen LogP contribution >= 0.6 is 0 Å². The van der Waals surface area contributed by atoms with Crippen molar-refractivity contribution in [1.29, 1.82) is 0 Å². The lowest BCUT2D eigenvalue weighted by molar-refractivity contribution is -0.120. The van der Waals surface area contributed by atoms with Gasteiger partial charge in [-0.05, 0) is 77.9 Å². The molecule has 4 nitrogen and oxygen atoms in total. The molecule has 0 fully saturated rings. The molecule has 0 unspecified atom stereocenters. The molecule has 3 aromatic rings. The van der Waals surface area contributed by atoms with Crippen molar-refractivity contribution >= 4 is 28.8 Å². The molecular formula is C28H27FN2O2. The standard InChI is InChI=1S/C28H27FN2O2/c1-17-14-18(2)16-23(15-17)31-26(32)24(19-6-10-21(29)11-7-19)25(27(31)33)30-22-12-8-20(9-13-22)28(3,4)5/h6-16,30H,1-5H3. The molecule has 0 saturated carbocycles. The minimum atomic E-state index is -0.441. The Morgan fingerprint density at radius 1 is 0.788 bits per heavy atom. The van der Waals surface area contributed by atoms with Gasteiger partial charge >= 0.3 is 0 Å². The zero-order valence-corrected chi connectivity index (χ0v) is 19.5. The Morgan fingerprint density at radius 2 is 1.36 bits per heavy atom. The van der Waals surface area contributed by atoms with E-state index < -0.39 is 17.6 Å². The summed E-state index contributed by atoms with van der Waals surface area (Å²) in [6, 6.07) is 19.0. The highest BCUT2D eigenvalue weighted by Gasteiger charge is 2.40. The average molecular weight is 443 g/mol. The molecule has 1 N–H and O–H groups in total. The van der Waals surface area contributed by atoms with E-state index >= 15 is 0 Å². The van der Waals surface area contributed by atoms with Crippen LogP contribution in [0.4, 0.5) is 15.8 Å². The van der Waals surface area contributed by atoms with Gasteiger partial charge in [0.05, 0.1) is 11.3 Å². The smallest absolute Gasteiger partial charge is 0.282 e. The maximum atomic E-state index is 13.6. The van der Waals surface area contributed by atoms with Gasteiger partial charge in [0.25, 0.3) is 11.8 Å². The minimum Gasteiger partial charge on any atom is -0.350 e. The van der Waals surface area contributed by atoms with Crippen LogP contribution in [0.1, 0.15) is 43.0 Å². The van der Waals surface area contributed by atoms with E-state index in [1.165, 1.54) is 29.2 Å². The summed E-state index contributed by atoms with van der Waals surface area (Å²) < 4.78 is 13.6. The first-order valence-corrected chi connectivity index (χ1v) is 10.9. The van der Waals surface area contributed by atoms with Gasteiger partial charge in [-0.25, -0.2) is 9.29 Å². The number of nitrogens with one attached hydrogen (secondary N) is 1. The van der Waals surface area contributed by atoms with E-state index in [-0.39, 0.29) is 16.7 Å². The van der Waals surface area contributed by atoms with Gasteiger partial charge in [0.1, 0.15) is 11.5 Å². The van der Waals surface area contributed by atoms with E-state index in [0.717, 1.165) is 16.7 Å². The van der Waals surface area contributed by atoms with Gasteiger partial charge < -0.3 is 5.32 Å². The predicted octanol–water partition coefficient (Wildman–Crippen LogP) is 6.14. The summed E-state index contributed by atoms with van der Waals surface area (Å²) in [5.41, 5.74) is 5.15. The van der Waals surface area contributed by atoms with Crippen LogP contribution in [0.3, 0.4) is 0 Å². The van der Waals surface area contributed by atoms with E-state index in [9.17, 15) is 14.0 Å². The number of imide groups is 1. The molecular weight excluding hydrogens is 415 g/mol. The average Bonchev–Trinajstić information content (AvgIpc) is 2.97. The maximum absolute atomic E-state index is 13.6. The van der Waals surface area contributed by atoms with Crippen LogP contribution in [0.25, 0.3) is 5.57 Å². The molecule has 1 aliphatic heterocycles. The number of halogens is 1. The molecule has 0 bridgehead atoms. The predicted molar refractivity (Wildman–Crippen MR) is 130 cm³/mol. The monoisotopic (exact) mass is 442 g/mol. The SMILES string of the molecule is Cc1cc(C)cc(N2C(=O)C(Nc3ccc(C(C)(C)C)cc3)=C(c3ccc(F)cc3)C2=O)c1. The van der Waals surface area contributed by atoms with Gasteiger partial charge in [0.2, 0.25) is 0 Å². The van der Waals surface area contributed by atoms with E-state index in [1.807, 2.05) is 56.3 Å². The fourth-order valence-corrected chi connectivity index (χ4v) is 4.04. The van der Waals surface area contributed by atoms with Crippen molar-refractivity contribution in [2.45, 2.75) is 40.0 Å². The molecule has 168 valence electrons. The number of hydrogen-bond acceptors (Lipinski definition) is 3. The van der Waals surface area contributed by atoms with E-state index in [0.29, 0.717) is 16.9 Å². The van der Waals surface area contributed by atoms with Crippen LogP contribution in [0.2, 0.25) is 0 Å². The van der Waals surface area contributed by atoms with Crippen molar-refractivity contribution in [2.75, 3.05) is 10.2 Å². The zero-order valence-electron chi connectivity index (χ0n) is 19.5. The lowest BCUT2D eigenvalue weighted by atomic mass is 9.87. The van der Waals surface area contributed by atoms with Crippen LogP contribution in [0, 0.1) is 19.7 Å². The fraction of sp³-hybridized carbons (Fsp3) is 0.214. The number of hydrogen-bond donors (Lipinski definition) is 1. The third kappa shape index (κ3) is 4.44. The summed E-state index contributed by atoms with van der Waals surface area (Å²) in [6.45, 7) is 10.2. The number of carbonyl (C=O) groups excluding carboxylic acids is 2. The number of aryl methyl sites for hydroxylation is 2. The van der Waals surface area contributed by atoms with Crippen LogP contribution in [0.15, 0.2) is 72.4 Å². The van der Waals surface area contributed by atoms with Crippen LogP contribution < -0.4 is 10.2 Å². The fourth-order valence-electron chi connectivity index (χ4n) is 4.04. The third-order valence-corrected chi connectivity index (χ3v) is 5.70. The largest absolute Gasteiger partial charge is 0.350 e. The van der Waals surface area contributed by atoms with Crippen molar-refractivity contribution in [1.82, 2.24) is 0 Å². The lowest BCUT2D eigenvalue weighted by Gasteiger charge is -2.19. The summed E-state index contributed by atoms with van der Waals surface area (Å²) >= 11 is 0. The Balaban J connectivity index is 1.79. The summed E-state index contributed by atoms with van der Waals surface area (Å²) in [5.74, 6) is -1.29. The normalized spacial score (nSPS) is 14.3. The van der Waals surface area contributed by atoms with Crippen LogP contribution in [-0.2, 0) is 15.0 Å². The summed E-state index contributed by atoms with van der Waals surface area (Å²) in [4.78, 5) is 28.2. The molecule has 0 aliphatic carbocycles. The Kier molecular flexibility index (Phi) is 5.66. The summed E-state index contributed by atoms with van der Waals surface area (Å²) in [6.07, 6.45) is 0. The first-order valence-electron chi connectivity index (χ1n) is 10.9. The van der Waals surface area contributed by atoms with Crippen molar-refractivity contribution in [3.05, 3.63) is 100 Å². The molecule has 0 saturated heterocycles. The number of carbonyl (C=O) groups is 2.